The largest absolute Gasteiger partial charge is 0.470 e. The van der Waals surface area contributed by atoms with Crippen molar-refractivity contribution in [1.82, 2.24) is 19.7 Å². The van der Waals surface area contributed by atoms with Crippen molar-refractivity contribution in [3.8, 4) is 12.0 Å². The number of carbonyl (C=O) groups excluding carboxylic acids is 2. The number of ether oxygens (including phenoxy) is 3. The van der Waals surface area contributed by atoms with Crippen LogP contribution in [0.2, 0.25) is 0 Å². The molecule has 0 aliphatic carbocycles. The standard InChI is InChI=1S/C12H13N5O8S/c1-22-8(18)6-4-25-5-7(6)26(20,21)17-10(19)13-9-14-11(23-2)16-12(15-9)24-3/h4-5H,1-3H3,(H2,13,14,15,16,17,19). The minimum absolute atomic E-state index is 0.169. The van der Waals surface area contributed by atoms with E-state index in [9.17, 15) is 18.0 Å². The number of esters is 1. The van der Waals surface area contributed by atoms with E-state index < -0.39 is 26.9 Å². The fraction of sp³-hybridized carbons (Fsp3) is 0.250. The molecular weight excluding hydrogens is 374 g/mol. The van der Waals surface area contributed by atoms with Crippen LogP contribution in [0.1, 0.15) is 10.4 Å². The van der Waals surface area contributed by atoms with Crippen molar-refractivity contribution in [2.75, 3.05) is 26.6 Å². The van der Waals surface area contributed by atoms with Crippen LogP contribution < -0.4 is 19.5 Å². The summed E-state index contributed by atoms with van der Waals surface area (Å²) < 4.78 is 44.9. The van der Waals surface area contributed by atoms with E-state index >= 15 is 0 Å². The molecule has 0 atom stereocenters. The van der Waals surface area contributed by atoms with Gasteiger partial charge in [0.1, 0.15) is 23.0 Å². The maximum Gasteiger partial charge on any atom is 0.342 e. The van der Waals surface area contributed by atoms with E-state index in [0.717, 1.165) is 19.6 Å². The predicted octanol–water partition coefficient (Wildman–Crippen LogP) is -0.221. The number of nitrogens with zero attached hydrogens (tertiary/aromatic N) is 3. The van der Waals surface area contributed by atoms with Gasteiger partial charge >= 0.3 is 24.0 Å². The minimum atomic E-state index is -4.44. The smallest absolute Gasteiger partial charge is 0.342 e. The molecule has 0 aromatic carbocycles. The van der Waals surface area contributed by atoms with Gasteiger partial charge in [0.25, 0.3) is 10.0 Å². The summed E-state index contributed by atoms with van der Waals surface area (Å²) in [7, 11) is -0.833. The van der Waals surface area contributed by atoms with Gasteiger partial charge in [0.2, 0.25) is 5.95 Å². The topological polar surface area (TPSA) is 172 Å². The van der Waals surface area contributed by atoms with Crippen LogP contribution in [-0.4, -0.2) is 56.7 Å². The summed E-state index contributed by atoms with van der Waals surface area (Å²) in [5.74, 6) is -1.28. The molecule has 2 N–H and O–H groups in total. The van der Waals surface area contributed by atoms with Crippen molar-refractivity contribution in [3.05, 3.63) is 18.1 Å². The van der Waals surface area contributed by atoms with E-state index in [1.807, 2.05) is 0 Å². The van der Waals surface area contributed by atoms with Crippen LogP contribution in [0.25, 0.3) is 0 Å². The van der Waals surface area contributed by atoms with Gasteiger partial charge in [-0.1, -0.05) is 0 Å². The fourth-order valence-corrected chi connectivity index (χ4v) is 2.64. The number of methoxy groups -OCH3 is 3. The molecule has 14 heteroatoms. The highest BCUT2D eigenvalue weighted by Crippen LogP contribution is 2.18. The number of hydrogen-bond acceptors (Lipinski definition) is 11. The first kappa shape index (κ1) is 18.9. The van der Waals surface area contributed by atoms with Gasteiger partial charge in [-0.2, -0.15) is 9.97 Å². The van der Waals surface area contributed by atoms with Gasteiger partial charge in [-0.25, -0.2) is 22.7 Å². The van der Waals surface area contributed by atoms with Crippen molar-refractivity contribution in [2.24, 2.45) is 0 Å². The van der Waals surface area contributed by atoms with E-state index in [1.165, 1.54) is 14.2 Å². The lowest BCUT2D eigenvalue weighted by atomic mass is 10.3. The van der Waals surface area contributed by atoms with E-state index in [0.29, 0.717) is 0 Å². The third-order valence-corrected chi connectivity index (χ3v) is 4.08. The third kappa shape index (κ3) is 4.15. The first-order valence-corrected chi connectivity index (χ1v) is 8.11. The Morgan fingerprint density at radius 1 is 1.04 bits per heavy atom. The van der Waals surface area contributed by atoms with Crippen molar-refractivity contribution in [3.63, 3.8) is 0 Å². The first-order valence-electron chi connectivity index (χ1n) is 6.63. The molecule has 2 aromatic rings. The highest BCUT2D eigenvalue weighted by Gasteiger charge is 2.27. The molecule has 2 rings (SSSR count). The Hall–Kier alpha value is -3.42. The van der Waals surface area contributed by atoms with Crippen LogP contribution in [-0.2, 0) is 14.8 Å². The Morgan fingerprint density at radius 2 is 1.65 bits per heavy atom. The number of urea groups is 1. The van der Waals surface area contributed by atoms with E-state index in [2.05, 4.69) is 25.0 Å². The van der Waals surface area contributed by atoms with Crippen LogP contribution in [0.15, 0.2) is 21.8 Å². The summed E-state index contributed by atoms with van der Waals surface area (Å²) in [5, 5.41) is 2.07. The number of sulfonamides is 1. The van der Waals surface area contributed by atoms with Crippen LogP contribution in [0.3, 0.4) is 0 Å². The first-order chi connectivity index (χ1) is 12.3. The van der Waals surface area contributed by atoms with Gasteiger partial charge in [-0.15, -0.1) is 4.98 Å². The Labute approximate surface area is 146 Å². The molecule has 0 bridgehead atoms. The second-order valence-electron chi connectivity index (χ2n) is 4.33. The fourth-order valence-electron chi connectivity index (χ4n) is 1.63. The molecule has 0 aliphatic rings. The summed E-state index contributed by atoms with van der Waals surface area (Å²) >= 11 is 0. The molecule has 140 valence electrons. The molecule has 0 fully saturated rings. The van der Waals surface area contributed by atoms with Crippen LogP contribution in [0.5, 0.6) is 12.0 Å². The lowest BCUT2D eigenvalue weighted by Crippen LogP contribution is -2.35. The quantitative estimate of drug-likeness (QED) is 0.627. The number of carbonyl (C=O) groups is 2. The Morgan fingerprint density at radius 3 is 2.19 bits per heavy atom. The minimum Gasteiger partial charge on any atom is -0.470 e. The maximum absolute atomic E-state index is 12.2. The number of nitrogens with one attached hydrogen (secondary N) is 2. The molecule has 0 radical (unpaired) electrons. The molecule has 13 nitrogen and oxygen atoms in total. The molecular formula is C12H13N5O8S. The molecule has 2 amide bonds. The molecule has 26 heavy (non-hydrogen) atoms. The zero-order valence-electron chi connectivity index (χ0n) is 13.7. The Kier molecular flexibility index (Phi) is 5.56. The number of amides is 2. The second-order valence-corrected chi connectivity index (χ2v) is 5.98. The normalized spacial score (nSPS) is 10.7. The van der Waals surface area contributed by atoms with Gasteiger partial charge < -0.3 is 18.6 Å². The van der Waals surface area contributed by atoms with Crippen LogP contribution in [0, 0.1) is 0 Å². The summed E-state index contributed by atoms with van der Waals surface area (Å²) in [4.78, 5) is 34.0. The van der Waals surface area contributed by atoms with Gasteiger partial charge in [0.05, 0.1) is 21.3 Å². The molecule has 0 aliphatic heterocycles. The number of furan rings is 1. The number of aromatic nitrogens is 3. The highest BCUT2D eigenvalue weighted by atomic mass is 32.2. The van der Waals surface area contributed by atoms with E-state index in [-0.39, 0.29) is 23.5 Å². The average Bonchev–Trinajstić information content (AvgIpc) is 3.10. The van der Waals surface area contributed by atoms with Crippen LogP contribution >= 0.6 is 0 Å². The maximum atomic E-state index is 12.2. The Balaban J connectivity index is 2.20. The lowest BCUT2D eigenvalue weighted by molar-refractivity contribution is 0.0596. The molecule has 2 aromatic heterocycles. The zero-order valence-corrected chi connectivity index (χ0v) is 14.5. The van der Waals surface area contributed by atoms with Crippen molar-refractivity contribution < 1.29 is 36.6 Å². The SMILES string of the molecule is COC(=O)c1cocc1S(=O)(=O)NC(=O)Nc1nc(OC)nc(OC)n1. The summed E-state index contributed by atoms with van der Waals surface area (Å²) in [6, 6.07) is -1.55. The summed E-state index contributed by atoms with van der Waals surface area (Å²) in [6.45, 7) is 0. The van der Waals surface area contributed by atoms with Crippen molar-refractivity contribution in [1.29, 1.82) is 0 Å². The number of anilines is 1. The van der Waals surface area contributed by atoms with Crippen molar-refractivity contribution >= 4 is 28.0 Å². The summed E-state index contributed by atoms with van der Waals surface area (Å²) in [5.41, 5.74) is -0.378. The van der Waals surface area contributed by atoms with E-state index in [1.54, 1.807) is 4.72 Å². The van der Waals surface area contributed by atoms with Crippen molar-refractivity contribution in [2.45, 2.75) is 4.90 Å². The zero-order chi connectivity index (χ0) is 19.3. The average molecular weight is 387 g/mol. The molecule has 0 unspecified atom stereocenters. The highest BCUT2D eigenvalue weighted by molar-refractivity contribution is 7.90. The Bertz CT molecular complexity index is 903. The lowest BCUT2D eigenvalue weighted by Gasteiger charge is -2.08. The summed E-state index contributed by atoms with van der Waals surface area (Å²) in [6.07, 6.45) is 1.65. The monoisotopic (exact) mass is 387 g/mol. The van der Waals surface area contributed by atoms with Crippen LogP contribution in [0.4, 0.5) is 10.7 Å². The van der Waals surface area contributed by atoms with Gasteiger partial charge in [0, 0.05) is 0 Å². The number of rotatable bonds is 6. The third-order valence-electron chi connectivity index (χ3n) is 2.73. The molecule has 0 saturated heterocycles. The van der Waals surface area contributed by atoms with Gasteiger partial charge in [-0.05, 0) is 0 Å². The second kappa shape index (κ2) is 7.64. The number of hydrogen-bond donors (Lipinski definition) is 2. The van der Waals surface area contributed by atoms with Gasteiger partial charge in [-0.3, -0.25) is 5.32 Å². The van der Waals surface area contributed by atoms with Gasteiger partial charge in [0.15, 0.2) is 0 Å². The van der Waals surface area contributed by atoms with E-state index in [4.69, 9.17) is 13.9 Å². The molecule has 0 spiro atoms. The molecule has 0 saturated carbocycles. The molecule has 2 heterocycles. The predicted molar refractivity (Wildman–Crippen MR) is 82.3 cm³/mol.